The van der Waals surface area contributed by atoms with Gasteiger partial charge in [0.2, 0.25) is 5.82 Å². The lowest BCUT2D eigenvalue weighted by Crippen LogP contribution is -2.13. The summed E-state index contributed by atoms with van der Waals surface area (Å²) in [7, 11) is 1.05. The van der Waals surface area contributed by atoms with Gasteiger partial charge in [-0.15, -0.1) is 0 Å². The molecule has 0 N–H and O–H groups in total. The lowest BCUT2D eigenvalue weighted by atomic mass is 10.0. The number of hydrogen-bond acceptors (Lipinski definition) is 2. The van der Waals surface area contributed by atoms with Crippen LogP contribution in [0.5, 0.6) is 0 Å². The molecule has 1 aromatic carbocycles. The number of esters is 1. The molecular formula is C13H11F5O2. The van der Waals surface area contributed by atoms with E-state index in [0.717, 1.165) is 7.11 Å². The van der Waals surface area contributed by atoms with Gasteiger partial charge in [0.05, 0.1) is 7.11 Å². The Balaban J connectivity index is 3.34. The number of hydrogen-bond donors (Lipinski definition) is 0. The quantitative estimate of drug-likeness (QED) is 0.279. The van der Waals surface area contributed by atoms with Gasteiger partial charge in [-0.3, -0.25) is 0 Å². The summed E-state index contributed by atoms with van der Waals surface area (Å²) < 4.78 is 70.3. The lowest BCUT2D eigenvalue weighted by molar-refractivity contribution is -0.136. The normalized spacial score (nSPS) is 11.7. The van der Waals surface area contributed by atoms with Gasteiger partial charge in [0.15, 0.2) is 23.3 Å². The van der Waals surface area contributed by atoms with Crippen LogP contribution in [0.2, 0.25) is 0 Å². The van der Waals surface area contributed by atoms with Gasteiger partial charge in [-0.1, -0.05) is 13.0 Å². The Morgan fingerprint density at radius 1 is 1.00 bits per heavy atom. The number of allylic oxidation sites excluding steroid dienone is 1. The van der Waals surface area contributed by atoms with Crippen LogP contribution < -0.4 is 0 Å². The first-order valence-corrected chi connectivity index (χ1v) is 5.62. The van der Waals surface area contributed by atoms with Crippen LogP contribution in [0.25, 0.3) is 0 Å². The molecule has 0 amide bonds. The number of halogens is 5. The Hall–Kier alpha value is -1.92. The first-order chi connectivity index (χ1) is 9.34. The van der Waals surface area contributed by atoms with Crippen molar-refractivity contribution in [2.75, 3.05) is 7.11 Å². The van der Waals surface area contributed by atoms with E-state index in [9.17, 15) is 26.7 Å². The fourth-order valence-corrected chi connectivity index (χ4v) is 1.60. The average molecular weight is 294 g/mol. The summed E-state index contributed by atoms with van der Waals surface area (Å²) in [6.45, 7) is 1.64. The number of carbonyl (C=O) groups excluding carboxylic acids is 1. The standard InChI is InChI=1S/C13H11F5O2/c1-3-4-6(13(19)20-2)5-7-8(14)10(16)12(18)11(17)9(7)15/h4H,3,5H2,1-2H3/b6-4+. The molecular weight excluding hydrogens is 283 g/mol. The van der Waals surface area contributed by atoms with Crippen molar-refractivity contribution in [3.63, 3.8) is 0 Å². The third-order valence-corrected chi connectivity index (χ3v) is 2.57. The van der Waals surface area contributed by atoms with Crippen molar-refractivity contribution in [2.24, 2.45) is 0 Å². The molecule has 0 saturated heterocycles. The largest absolute Gasteiger partial charge is 0.466 e. The molecule has 1 aromatic rings. The van der Waals surface area contributed by atoms with E-state index >= 15 is 0 Å². The number of methoxy groups -OCH3 is 1. The smallest absolute Gasteiger partial charge is 0.333 e. The second-order valence-electron chi connectivity index (χ2n) is 3.85. The molecule has 0 spiro atoms. The summed E-state index contributed by atoms with van der Waals surface area (Å²) in [6, 6.07) is 0. The van der Waals surface area contributed by atoms with Gasteiger partial charge in [-0.2, -0.15) is 0 Å². The number of ether oxygens (including phenoxy) is 1. The zero-order chi connectivity index (χ0) is 15.4. The van der Waals surface area contributed by atoms with Crippen LogP contribution in [-0.4, -0.2) is 13.1 Å². The van der Waals surface area contributed by atoms with E-state index in [-0.39, 0.29) is 5.57 Å². The zero-order valence-corrected chi connectivity index (χ0v) is 10.7. The van der Waals surface area contributed by atoms with Gasteiger partial charge in [-0.25, -0.2) is 26.7 Å². The maximum absolute atomic E-state index is 13.5. The van der Waals surface area contributed by atoms with Crippen molar-refractivity contribution >= 4 is 5.97 Å². The molecule has 20 heavy (non-hydrogen) atoms. The highest BCUT2D eigenvalue weighted by atomic mass is 19.2. The van der Waals surface area contributed by atoms with E-state index in [1.165, 1.54) is 6.08 Å². The van der Waals surface area contributed by atoms with Gasteiger partial charge >= 0.3 is 5.97 Å². The molecule has 7 heteroatoms. The molecule has 0 aromatic heterocycles. The highest BCUT2D eigenvalue weighted by Gasteiger charge is 2.27. The predicted molar refractivity (Wildman–Crippen MR) is 60.3 cm³/mol. The van der Waals surface area contributed by atoms with Crippen molar-refractivity contribution in [1.29, 1.82) is 0 Å². The van der Waals surface area contributed by atoms with Crippen LogP contribution in [0.1, 0.15) is 18.9 Å². The van der Waals surface area contributed by atoms with Crippen LogP contribution in [0.4, 0.5) is 22.0 Å². The molecule has 0 bridgehead atoms. The first-order valence-electron chi connectivity index (χ1n) is 5.62. The summed E-state index contributed by atoms with van der Waals surface area (Å²) in [4.78, 5) is 11.4. The molecule has 0 heterocycles. The van der Waals surface area contributed by atoms with Gasteiger partial charge in [0.1, 0.15) is 0 Å². The van der Waals surface area contributed by atoms with E-state index in [4.69, 9.17) is 0 Å². The van der Waals surface area contributed by atoms with Gasteiger partial charge in [-0.05, 0) is 6.42 Å². The molecule has 0 saturated carbocycles. The summed E-state index contributed by atoms with van der Waals surface area (Å²) in [5.41, 5.74) is -1.25. The molecule has 0 fully saturated rings. The van der Waals surface area contributed by atoms with Crippen molar-refractivity contribution < 1.29 is 31.5 Å². The molecule has 0 radical (unpaired) electrons. The van der Waals surface area contributed by atoms with Crippen LogP contribution in [-0.2, 0) is 16.0 Å². The minimum absolute atomic E-state index is 0.182. The van der Waals surface area contributed by atoms with Gasteiger partial charge in [0.25, 0.3) is 0 Å². The van der Waals surface area contributed by atoms with E-state index < -0.39 is 47.0 Å². The van der Waals surface area contributed by atoms with Crippen LogP contribution in [0.3, 0.4) is 0 Å². The van der Waals surface area contributed by atoms with Crippen molar-refractivity contribution in [2.45, 2.75) is 19.8 Å². The maximum Gasteiger partial charge on any atom is 0.333 e. The molecule has 110 valence electrons. The molecule has 2 nitrogen and oxygen atoms in total. The minimum Gasteiger partial charge on any atom is -0.466 e. The zero-order valence-electron chi connectivity index (χ0n) is 10.7. The van der Waals surface area contributed by atoms with Crippen LogP contribution >= 0.6 is 0 Å². The highest BCUT2D eigenvalue weighted by Crippen LogP contribution is 2.25. The number of benzene rings is 1. The Morgan fingerprint density at radius 2 is 1.45 bits per heavy atom. The third-order valence-electron chi connectivity index (χ3n) is 2.57. The molecule has 0 aliphatic rings. The summed E-state index contributed by atoms with van der Waals surface area (Å²) in [5, 5.41) is 0. The minimum atomic E-state index is -2.23. The fraction of sp³-hybridized carbons (Fsp3) is 0.308. The fourth-order valence-electron chi connectivity index (χ4n) is 1.60. The lowest BCUT2D eigenvalue weighted by Gasteiger charge is -2.10. The summed E-state index contributed by atoms with van der Waals surface area (Å²) in [6.07, 6.45) is 0.885. The second-order valence-corrected chi connectivity index (χ2v) is 3.85. The molecule has 0 aliphatic heterocycles. The Morgan fingerprint density at radius 3 is 1.85 bits per heavy atom. The predicted octanol–water partition coefficient (Wildman–Crippen LogP) is 3.43. The van der Waals surface area contributed by atoms with E-state index in [2.05, 4.69) is 4.74 Å². The van der Waals surface area contributed by atoms with Crippen molar-refractivity contribution in [3.8, 4) is 0 Å². The van der Waals surface area contributed by atoms with Gasteiger partial charge < -0.3 is 4.74 Å². The van der Waals surface area contributed by atoms with Crippen molar-refractivity contribution in [1.82, 2.24) is 0 Å². The Bertz CT molecular complexity index is 537. The van der Waals surface area contributed by atoms with E-state index in [0.29, 0.717) is 6.42 Å². The SMILES string of the molecule is CC/C=C(\Cc1c(F)c(F)c(F)c(F)c1F)C(=O)OC. The number of rotatable bonds is 4. The average Bonchev–Trinajstić information content (AvgIpc) is 2.45. The van der Waals surface area contributed by atoms with Crippen LogP contribution in [0, 0.1) is 29.1 Å². The van der Waals surface area contributed by atoms with Crippen molar-refractivity contribution in [3.05, 3.63) is 46.3 Å². The van der Waals surface area contributed by atoms with E-state index in [1.807, 2.05) is 0 Å². The highest BCUT2D eigenvalue weighted by molar-refractivity contribution is 5.88. The molecule has 1 rings (SSSR count). The summed E-state index contributed by atoms with van der Waals surface area (Å²) in [5.74, 6) is -11.1. The molecule has 0 atom stereocenters. The Labute approximate surface area is 111 Å². The number of carbonyl (C=O) groups is 1. The summed E-state index contributed by atoms with van der Waals surface area (Å²) >= 11 is 0. The molecule has 0 unspecified atom stereocenters. The third kappa shape index (κ3) is 2.97. The monoisotopic (exact) mass is 294 g/mol. The first kappa shape index (κ1) is 16.1. The Kier molecular flexibility index (Phi) is 5.24. The van der Waals surface area contributed by atoms with Gasteiger partial charge in [0, 0.05) is 17.6 Å². The molecule has 0 aliphatic carbocycles. The van der Waals surface area contributed by atoms with E-state index in [1.54, 1.807) is 6.92 Å². The second kappa shape index (κ2) is 6.49. The van der Waals surface area contributed by atoms with Crippen LogP contribution in [0.15, 0.2) is 11.6 Å². The topological polar surface area (TPSA) is 26.3 Å². The maximum atomic E-state index is 13.5.